The summed E-state index contributed by atoms with van der Waals surface area (Å²) in [7, 11) is 0. The van der Waals surface area contributed by atoms with Crippen LogP contribution in [-0.4, -0.2) is 0 Å². The number of rotatable bonds is 9. The van der Waals surface area contributed by atoms with Crippen molar-refractivity contribution in [2.24, 2.45) is 17.8 Å². The van der Waals surface area contributed by atoms with Crippen LogP contribution in [0.2, 0.25) is 0 Å². The van der Waals surface area contributed by atoms with Gasteiger partial charge in [-0.05, 0) is 65.7 Å². The van der Waals surface area contributed by atoms with E-state index in [0.717, 1.165) is 17.8 Å². The van der Waals surface area contributed by atoms with Crippen LogP contribution in [0.5, 0.6) is 0 Å². The molecule has 0 nitrogen and oxygen atoms in total. The van der Waals surface area contributed by atoms with Gasteiger partial charge in [0.05, 0.1) is 0 Å². The molecule has 1 unspecified atom stereocenters. The van der Waals surface area contributed by atoms with Gasteiger partial charge in [-0.15, -0.1) is 0 Å². The van der Waals surface area contributed by atoms with E-state index < -0.39 is 0 Å². The summed E-state index contributed by atoms with van der Waals surface area (Å²) in [6.07, 6.45) is 13.7. The lowest BCUT2D eigenvalue weighted by Gasteiger charge is -2.32. The van der Waals surface area contributed by atoms with E-state index >= 15 is 0 Å². The lowest BCUT2D eigenvalue weighted by atomic mass is 9.73. The molecule has 1 saturated carbocycles. The van der Waals surface area contributed by atoms with Gasteiger partial charge < -0.3 is 0 Å². The molecule has 0 aromatic heterocycles. The van der Waals surface area contributed by atoms with Gasteiger partial charge in [-0.3, -0.25) is 0 Å². The number of unbranched alkanes of at least 4 members (excludes halogenated alkanes) is 1. The van der Waals surface area contributed by atoms with E-state index in [2.05, 4.69) is 69.3 Å². The zero-order valence-corrected chi connectivity index (χ0v) is 18.4. The summed E-state index contributed by atoms with van der Waals surface area (Å²) in [4.78, 5) is 0. The van der Waals surface area contributed by atoms with Crippen LogP contribution in [0.3, 0.4) is 0 Å². The van der Waals surface area contributed by atoms with Crippen molar-refractivity contribution in [3.63, 3.8) is 0 Å². The largest absolute Gasteiger partial charge is 0.0654 e. The molecule has 0 aliphatic heterocycles. The molecule has 1 atom stereocenters. The zero-order valence-electron chi connectivity index (χ0n) is 18.4. The maximum absolute atomic E-state index is 2.48. The van der Waals surface area contributed by atoms with Crippen LogP contribution >= 0.6 is 0 Å². The molecule has 0 bridgehead atoms. The summed E-state index contributed by atoms with van der Waals surface area (Å²) in [5.41, 5.74) is 5.63. The van der Waals surface area contributed by atoms with Crippen molar-refractivity contribution in [1.29, 1.82) is 0 Å². The Kier molecular flexibility index (Phi) is 8.19. The lowest BCUT2D eigenvalue weighted by Crippen LogP contribution is -2.21. The third-order valence-electron chi connectivity index (χ3n) is 7.00. The highest BCUT2D eigenvalue weighted by molar-refractivity contribution is 5.64. The Hall–Kier alpha value is -1.56. The molecule has 0 heterocycles. The van der Waals surface area contributed by atoms with Crippen LogP contribution in [0.4, 0.5) is 0 Å². The second-order valence-electron chi connectivity index (χ2n) is 9.25. The van der Waals surface area contributed by atoms with E-state index in [1.807, 2.05) is 0 Å². The second kappa shape index (κ2) is 10.8. The molecule has 2 aromatic carbocycles. The van der Waals surface area contributed by atoms with Gasteiger partial charge in [-0.1, -0.05) is 108 Å². The van der Waals surface area contributed by atoms with Crippen LogP contribution in [0, 0.1) is 17.8 Å². The van der Waals surface area contributed by atoms with E-state index in [0.29, 0.717) is 0 Å². The predicted molar refractivity (Wildman–Crippen MR) is 124 cm³/mol. The first kappa shape index (κ1) is 21.2. The van der Waals surface area contributed by atoms with Gasteiger partial charge in [0.1, 0.15) is 0 Å². The molecule has 0 N–H and O–H groups in total. The average molecular weight is 377 g/mol. The minimum Gasteiger partial charge on any atom is -0.0654 e. The summed E-state index contributed by atoms with van der Waals surface area (Å²) >= 11 is 0. The van der Waals surface area contributed by atoms with Crippen LogP contribution in [0.25, 0.3) is 11.1 Å². The Morgan fingerprint density at radius 2 is 1.32 bits per heavy atom. The molecule has 0 saturated heterocycles. The summed E-state index contributed by atoms with van der Waals surface area (Å²) in [6, 6.07) is 18.5. The zero-order chi connectivity index (χ0) is 19.8. The normalized spacial score (nSPS) is 20.8. The smallest absolute Gasteiger partial charge is 0.0184 e. The summed E-state index contributed by atoms with van der Waals surface area (Å²) < 4.78 is 0. The third-order valence-corrected chi connectivity index (χ3v) is 7.00. The fourth-order valence-electron chi connectivity index (χ4n) is 5.06. The first-order valence-corrected chi connectivity index (χ1v) is 11.9. The third kappa shape index (κ3) is 5.97. The first-order chi connectivity index (χ1) is 13.7. The van der Waals surface area contributed by atoms with Gasteiger partial charge in [0.2, 0.25) is 0 Å². The summed E-state index contributed by atoms with van der Waals surface area (Å²) in [5.74, 6) is 2.77. The van der Waals surface area contributed by atoms with Crippen molar-refractivity contribution in [2.45, 2.75) is 85.0 Å². The molecule has 1 aliphatic rings. The monoisotopic (exact) mass is 376 g/mol. The molecule has 0 heteroatoms. The van der Waals surface area contributed by atoms with Crippen molar-refractivity contribution >= 4 is 0 Å². The molecule has 28 heavy (non-hydrogen) atoms. The van der Waals surface area contributed by atoms with Crippen molar-refractivity contribution in [3.05, 3.63) is 59.7 Å². The number of hydrogen-bond acceptors (Lipinski definition) is 0. The molecule has 2 aromatic rings. The summed E-state index contributed by atoms with van der Waals surface area (Å²) in [6.45, 7) is 7.05. The Balaban J connectivity index is 1.51. The Morgan fingerprint density at radius 1 is 0.750 bits per heavy atom. The van der Waals surface area contributed by atoms with Gasteiger partial charge in [0.25, 0.3) is 0 Å². The van der Waals surface area contributed by atoms with Crippen LogP contribution in [-0.2, 0) is 12.8 Å². The van der Waals surface area contributed by atoms with Crippen molar-refractivity contribution in [1.82, 2.24) is 0 Å². The molecular formula is C28H40. The van der Waals surface area contributed by atoms with Gasteiger partial charge in [0, 0.05) is 0 Å². The van der Waals surface area contributed by atoms with E-state index in [9.17, 15) is 0 Å². The Morgan fingerprint density at radius 3 is 1.86 bits per heavy atom. The highest BCUT2D eigenvalue weighted by Gasteiger charge is 2.24. The second-order valence-corrected chi connectivity index (χ2v) is 9.25. The lowest BCUT2D eigenvalue weighted by molar-refractivity contribution is 0.205. The highest BCUT2D eigenvalue weighted by atomic mass is 14.3. The minimum absolute atomic E-state index is 0.811. The molecule has 1 aliphatic carbocycles. The Labute approximate surface area is 173 Å². The predicted octanol–water partition coefficient (Wildman–Crippen LogP) is 8.48. The summed E-state index contributed by atoms with van der Waals surface area (Å²) in [5, 5.41) is 0. The van der Waals surface area contributed by atoms with Crippen LogP contribution < -0.4 is 0 Å². The fraction of sp³-hybridized carbons (Fsp3) is 0.571. The average Bonchev–Trinajstić information content (AvgIpc) is 2.74. The van der Waals surface area contributed by atoms with Crippen molar-refractivity contribution < 1.29 is 0 Å². The van der Waals surface area contributed by atoms with Crippen LogP contribution in [0.1, 0.15) is 83.3 Å². The first-order valence-electron chi connectivity index (χ1n) is 11.9. The minimum atomic E-state index is 0.811. The number of hydrogen-bond donors (Lipinski definition) is 0. The van der Waals surface area contributed by atoms with Gasteiger partial charge in [0.15, 0.2) is 0 Å². The van der Waals surface area contributed by atoms with Crippen molar-refractivity contribution in [2.75, 3.05) is 0 Å². The van der Waals surface area contributed by atoms with Crippen molar-refractivity contribution in [3.8, 4) is 11.1 Å². The molecule has 3 rings (SSSR count). The van der Waals surface area contributed by atoms with Gasteiger partial charge in [-0.25, -0.2) is 0 Å². The molecule has 0 radical (unpaired) electrons. The molecule has 0 spiro atoms. The topological polar surface area (TPSA) is 0 Å². The number of benzene rings is 2. The van der Waals surface area contributed by atoms with E-state index in [1.54, 1.807) is 0 Å². The fourth-order valence-corrected chi connectivity index (χ4v) is 5.06. The van der Waals surface area contributed by atoms with Crippen LogP contribution in [0.15, 0.2) is 48.5 Å². The maximum atomic E-state index is 2.48. The highest BCUT2D eigenvalue weighted by Crippen LogP contribution is 2.36. The standard InChI is InChI=1S/C28H40/c1-4-6-8-24-9-15-26(16-10-24)22(3)21-25-13-19-28(20-14-25)27-17-11-23(7-5-2)12-18-27/h11-14,17-20,22,24,26H,4-10,15-16,21H2,1-3H3. The molecule has 0 amide bonds. The SMILES string of the molecule is CCCCC1CCC(C(C)Cc2ccc(-c3ccc(CCC)cc3)cc2)CC1. The quantitative estimate of drug-likeness (QED) is 0.411. The van der Waals surface area contributed by atoms with E-state index in [-0.39, 0.29) is 0 Å². The Bertz CT molecular complexity index is 671. The molecular weight excluding hydrogens is 336 g/mol. The van der Waals surface area contributed by atoms with E-state index in [4.69, 9.17) is 0 Å². The van der Waals surface area contributed by atoms with Gasteiger partial charge >= 0.3 is 0 Å². The maximum Gasteiger partial charge on any atom is -0.0184 e. The van der Waals surface area contributed by atoms with E-state index in [1.165, 1.54) is 86.5 Å². The van der Waals surface area contributed by atoms with Gasteiger partial charge in [-0.2, -0.15) is 0 Å². The molecule has 1 fully saturated rings. The molecule has 152 valence electrons. The number of aryl methyl sites for hydroxylation is 1.